The average Bonchev–Trinajstić information content (AvgIpc) is 2.43. The minimum absolute atomic E-state index is 0.176. The van der Waals surface area contributed by atoms with E-state index in [0.717, 1.165) is 45.2 Å². The van der Waals surface area contributed by atoms with Crippen molar-refractivity contribution < 1.29 is 13.5 Å². The van der Waals surface area contributed by atoms with Gasteiger partial charge < -0.3 is 10.1 Å². The smallest absolute Gasteiger partial charge is 0.133 e. The van der Waals surface area contributed by atoms with Crippen molar-refractivity contribution in [2.24, 2.45) is 0 Å². The first-order chi connectivity index (χ1) is 9.69. The van der Waals surface area contributed by atoms with Gasteiger partial charge in [-0.2, -0.15) is 0 Å². The van der Waals surface area contributed by atoms with E-state index in [9.17, 15) is 8.78 Å². The summed E-state index contributed by atoms with van der Waals surface area (Å²) < 4.78 is 32.2. The standard InChI is InChI=1S/C16H25F2NO/c1-3-9-19-10-7-5-4-6-8-14-15(17)11-13(20-2)12-16(14)18/h11-12,19H,3-10H2,1-2H3. The molecule has 4 heteroatoms. The molecule has 114 valence electrons. The number of methoxy groups -OCH3 is 1. The molecular formula is C16H25F2NO. The van der Waals surface area contributed by atoms with Gasteiger partial charge in [0.1, 0.15) is 17.4 Å². The van der Waals surface area contributed by atoms with Gasteiger partial charge in [-0.3, -0.25) is 0 Å². The van der Waals surface area contributed by atoms with Crippen molar-refractivity contribution in [2.75, 3.05) is 20.2 Å². The minimum atomic E-state index is -0.508. The average molecular weight is 285 g/mol. The van der Waals surface area contributed by atoms with E-state index in [0.29, 0.717) is 6.42 Å². The van der Waals surface area contributed by atoms with Gasteiger partial charge in [0.25, 0.3) is 0 Å². The molecule has 0 saturated heterocycles. The molecular weight excluding hydrogens is 260 g/mol. The molecule has 1 aromatic carbocycles. The molecule has 0 saturated carbocycles. The lowest BCUT2D eigenvalue weighted by Gasteiger charge is -2.08. The van der Waals surface area contributed by atoms with Crippen LogP contribution in [-0.2, 0) is 6.42 Å². The Hall–Kier alpha value is -1.16. The van der Waals surface area contributed by atoms with Crippen LogP contribution < -0.4 is 10.1 Å². The van der Waals surface area contributed by atoms with Gasteiger partial charge in [-0.25, -0.2) is 8.78 Å². The van der Waals surface area contributed by atoms with E-state index in [1.807, 2.05) is 0 Å². The van der Waals surface area contributed by atoms with Gasteiger partial charge in [0.05, 0.1) is 7.11 Å². The fraction of sp³-hybridized carbons (Fsp3) is 0.625. The van der Waals surface area contributed by atoms with E-state index >= 15 is 0 Å². The first kappa shape index (κ1) is 16.9. The van der Waals surface area contributed by atoms with E-state index in [2.05, 4.69) is 12.2 Å². The summed E-state index contributed by atoms with van der Waals surface area (Å²) in [4.78, 5) is 0. The number of ether oxygens (including phenoxy) is 1. The number of benzene rings is 1. The fourth-order valence-corrected chi connectivity index (χ4v) is 2.14. The van der Waals surface area contributed by atoms with Crippen molar-refractivity contribution in [3.63, 3.8) is 0 Å². The Morgan fingerprint density at radius 2 is 1.65 bits per heavy atom. The molecule has 0 aromatic heterocycles. The molecule has 0 spiro atoms. The molecule has 0 atom stereocenters. The number of halogens is 2. The van der Waals surface area contributed by atoms with Gasteiger partial charge in [-0.05, 0) is 38.8 Å². The highest BCUT2D eigenvalue weighted by atomic mass is 19.1. The fourth-order valence-electron chi connectivity index (χ4n) is 2.14. The monoisotopic (exact) mass is 285 g/mol. The first-order valence-electron chi connectivity index (χ1n) is 7.41. The Morgan fingerprint density at radius 3 is 2.25 bits per heavy atom. The number of rotatable bonds is 10. The first-order valence-corrected chi connectivity index (χ1v) is 7.41. The normalized spacial score (nSPS) is 10.8. The second kappa shape index (κ2) is 9.70. The largest absolute Gasteiger partial charge is 0.497 e. The molecule has 1 rings (SSSR count). The van der Waals surface area contributed by atoms with Gasteiger partial charge >= 0.3 is 0 Å². The lowest BCUT2D eigenvalue weighted by Crippen LogP contribution is -2.15. The molecule has 0 fully saturated rings. The van der Waals surface area contributed by atoms with Crippen molar-refractivity contribution in [1.82, 2.24) is 5.32 Å². The van der Waals surface area contributed by atoms with Crippen molar-refractivity contribution in [1.29, 1.82) is 0 Å². The summed E-state index contributed by atoms with van der Waals surface area (Å²) in [5.74, 6) is -0.788. The molecule has 1 aromatic rings. The zero-order valence-corrected chi connectivity index (χ0v) is 12.5. The molecule has 0 radical (unpaired) electrons. The summed E-state index contributed by atoms with van der Waals surface area (Å²) in [6.07, 6.45) is 5.62. The molecule has 0 aliphatic rings. The lowest BCUT2D eigenvalue weighted by molar-refractivity contribution is 0.405. The molecule has 0 bridgehead atoms. The Kier molecular flexibility index (Phi) is 8.19. The Morgan fingerprint density at radius 1 is 1.00 bits per heavy atom. The van der Waals surface area contributed by atoms with Crippen LogP contribution in [0.1, 0.15) is 44.6 Å². The van der Waals surface area contributed by atoms with E-state index in [1.165, 1.54) is 19.2 Å². The van der Waals surface area contributed by atoms with Crippen LogP contribution >= 0.6 is 0 Å². The highest BCUT2D eigenvalue weighted by molar-refractivity contribution is 5.30. The van der Waals surface area contributed by atoms with Gasteiger partial charge in [0.15, 0.2) is 0 Å². The highest BCUT2D eigenvalue weighted by Crippen LogP contribution is 2.22. The Balaban J connectivity index is 2.25. The van der Waals surface area contributed by atoms with Crippen LogP contribution in [0.4, 0.5) is 8.78 Å². The topological polar surface area (TPSA) is 21.3 Å². The van der Waals surface area contributed by atoms with Crippen LogP contribution in [0.15, 0.2) is 12.1 Å². The minimum Gasteiger partial charge on any atom is -0.497 e. The lowest BCUT2D eigenvalue weighted by atomic mass is 10.0. The number of hydrogen-bond donors (Lipinski definition) is 1. The van der Waals surface area contributed by atoms with E-state index in [1.54, 1.807) is 0 Å². The molecule has 0 aliphatic carbocycles. The van der Waals surface area contributed by atoms with Gasteiger partial charge in [0, 0.05) is 17.7 Å². The second-order valence-electron chi connectivity index (χ2n) is 4.98. The molecule has 0 aliphatic heterocycles. The molecule has 0 unspecified atom stereocenters. The molecule has 20 heavy (non-hydrogen) atoms. The maximum absolute atomic E-state index is 13.7. The zero-order chi connectivity index (χ0) is 14.8. The van der Waals surface area contributed by atoms with Crippen LogP contribution in [0.3, 0.4) is 0 Å². The summed E-state index contributed by atoms with van der Waals surface area (Å²) >= 11 is 0. The van der Waals surface area contributed by atoms with Crippen molar-refractivity contribution >= 4 is 0 Å². The van der Waals surface area contributed by atoms with Crippen LogP contribution in [0, 0.1) is 11.6 Å². The van der Waals surface area contributed by atoms with Crippen molar-refractivity contribution in [3.05, 3.63) is 29.3 Å². The third kappa shape index (κ3) is 5.87. The zero-order valence-electron chi connectivity index (χ0n) is 12.5. The molecule has 1 N–H and O–H groups in total. The molecule has 2 nitrogen and oxygen atoms in total. The Labute approximate surface area is 120 Å². The van der Waals surface area contributed by atoms with Crippen LogP contribution in [0.2, 0.25) is 0 Å². The summed E-state index contributed by atoms with van der Waals surface area (Å²) in [5, 5.41) is 3.34. The number of nitrogens with one attached hydrogen (secondary N) is 1. The Bertz CT molecular complexity index is 373. The summed E-state index contributed by atoms with van der Waals surface area (Å²) in [6.45, 7) is 4.23. The van der Waals surface area contributed by atoms with Crippen molar-refractivity contribution in [2.45, 2.75) is 45.4 Å². The van der Waals surface area contributed by atoms with Gasteiger partial charge in [-0.15, -0.1) is 0 Å². The maximum Gasteiger partial charge on any atom is 0.133 e. The third-order valence-corrected chi connectivity index (χ3v) is 3.31. The second-order valence-corrected chi connectivity index (χ2v) is 4.98. The van der Waals surface area contributed by atoms with E-state index in [4.69, 9.17) is 4.74 Å². The van der Waals surface area contributed by atoms with Gasteiger partial charge in [-0.1, -0.05) is 19.8 Å². The summed E-state index contributed by atoms with van der Waals surface area (Å²) in [7, 11) is 1.40. The summed E-state index contributed by atoms with van der Waals surface area (Å²) in [5.41, 5.74) is 0.176. The number of hydrogen-bond acceptors (Lipinski definition) is 2. The molecule has 0 heterocycles. The summed E-state index contributed by atoms with van der Waals surface area (Å²) in [6, 6.07) is 2.49. The van der Waals surface area contributed by atoms with Crippen LogP contribution in [0.5, 0.6) is 5.75 Å². The maximum atomic E-state index is 13.7. The highest BCUT2D eigenvalue weighted by Gasteiger charge is 2.11. The predicted molar refractivity (Wildman–Crippen MR) is 78.2 cm³/mol. The SMILES string of the molecule is CCCNCCCCCCc1c(F)cc(OC)cc1F. The number of unbranched alkanes of at least 4 members (excludes halogenated alkanes) is 3. The molecule has 0 amide bonds. The third-order valence-electron chi connectivity index (χ3n) is 3.31. The van der Waals surface area contributed by atoms with Crippen LogP contribution in [0.25, 0.3) is 0 Å². The quantitative estimate of drug-likeness (QED) is 0.654. The van der Waals surface area contributed by atoms with E-state index < -0.39 is 11.6 Å². The van der Waals surface area contributed by atoms with Gasteiger partial charge in [0.2, 0.25) is 0 Å². The van der Waals surface area contributed by atoms with E-state index in [-0.39, 0.29) is 11.3 Å². The van der Waals surface area contributed by atoms with Crippen molar-refractivity contribution in [3.8, 4) is 5.75 Å². The van der Waals surface area contributed by atoms with Crippen LogP contribution in [-0.4, -0.2) is 20.2 Å². The predicted octanol–water partition coefficient (Wildman–Crippen LogP) is 4.08.